The highest BCUT2D eigenvalue weighted by Crippen LogP contribution is 2.34. The first kappa shape index (κ1) is 14.9. The van der Waals surface area contributed by atoms with Crippen molar-refractivity contribution in [3.8, 4) is 11.5 Å². The van der Waals surface area contributed by atoms with Crippen molar-refractivity contribution in [3.05, 3.63) is 56.0 Å². The molecule has 0 saturated carbocycles. The van der Waals surface area contributed by atoms with E-state index in [1.54, 1.807) is 0 Å². The maximum atomic E-state index is 5.91. The highest BCUT2D eigenvalue weighted by molar-refractivity contribution is 9.10. The van der Waals surface area contributed by atoms with E-state index >= 15 is 0 Å². The fourth-order valence-electron chi connectivity index (χ4n) is 2.40. The Balaban J connectivity index is 1.79. The summed E-state index contributed by atoms with van der Waals surface area (Å²) in [5, 5.41) is 0. The van der Waals surface area contributed by atoms with Crippen LogP contribution in [0.5, 0.6) is 11.5 Å². The van der Waals surface area contributed by atoms with Crippen LogP contribution >= 0.6 is 31.9 Å². The van der Waals surface area contributed by atoms with Crippen molar-refractivity contribution in [3.63, 3.8) is 0 Å². The van der Waals surface area contributed by atoms with Crippen LogP contribution in [0.15, 0.2) is 39.3 Å². The lowest BCUT2D eigenvalue weighted by Crippen LogP contribution is -2.00. The smallest absolute Gasteiger partial charge is 0.134 e. The Hall–Kier alpha value is -1.04. The molecule has 0 amide bonds. The molecule has 1 aliphatic rings. The van der Waals surface area contributed by atoms with Gasteiger partial charge in [-0.05, 0) is 51.3 Å². The number of rotatable bonds is 4. The molecular formula is C16H15Br2NO2. The van der Waals surface area contributed by atoms with Gasteiger partial charge in [0.25, 0.3) is 0 Å². The number of benzene rings is 2. The summed E-state index contributed by atoms with van der Waals surface area (Å²) in [6, 6.07) is 10.1. The predicted octanol–water partition coefficient (Wildman–Crippen LogP) is 4.18. The van der Waals surface area contributed by atoms with E-state index in [1.807, 2.05) is 24.3 Å². The first-order valence-corrected chi connectivity index (χ1v) is 8.31. The fourth-order valence-corrected chi connectivity index (χ4v) is 3.49. The van der Waals surface area contributed by atoms with E-state index in [4.69, 9.17) is 15.2 Å². The topological polar surface area (TPSA) is 44.5 Å². The molecule has 0 atom stereocenters. The Labute approximate surface area is 140 Å². The standard InChI is InChI=1S/C16H15Br2NO2/c17-13-6-11-3-4-20-16(11)12(7-13)9-21-15-2-1-10(8-19)5-14(15)18/h1-2,5-7H,3-4,8-9,19H2. The number of halogens is 2. The van der Waals surface area contributed by atoms with Gasteiger partial charge in [0.2, 0.25) is 0 Å². The van der Waals surface area contributed by atoms with E-state index in [-0.39, 0.29) is 0 Å². The third-order valence-electron chi connectivity index (χ3n) is 3.44. The van der Waals surface area contributed by atoms with Crippen molar-refractivity contribution >= 4 is 31.9 Å². The van der Waals surface area contributed by atoms with Crippen LogP contribution < -0.4 is 15.2 Å². The molecule has 0 spiro atoms. The summed E-state index contributed by atoms with van der Waals surface area (Å²) in [6.45, 7) is 1.74. The van der Waals surface area contributed by atoms with Gasteiger partial charge in [-0.25, -0.2) is 0 Å². The van der Waals surface area contributed by atoms with Crippen molar-refractivity contribution in [2.24, 2.45) is 5.73 Å². The molecule has 0 aliphatic carbocycles. The van der Waals surface area contributed by atoms with E-state index < -0.39 is 0 Å². The van der Waals surface area contributed by atoms with Crippen molar-refractivity contribution in [2.75, 3.05) is 6.61 Å². The van der Waals surface area contributed by atoms with Crippen LogP contribution in [0.3, 0.4) is 0 Å². The number of hydrogen-bond acceptors (Lipinski definition) is 3. The van der Waals surface area contributed by atoms with Gasteiger partial charge in [0.05, 0.1) is 11.1 Å². The van der Waals surface area contributed by atoms with Crippen LogP contribution in [0.1, 0.15) is 16.7 Å². The molecule has 0 bridgehead atoms. The lowest BCUT2D eigenvalue weighted by molar-refractivity contribution is 0.290. The molecule has 5 heteroatoms. The Morgan fingerprint density at radius 2 is 2.05 bits per heavy atom. The van der Waals surface area contributed by atoms with Crippen LogP contribution in [0.4, 0.5) is 0 Å². The summed E-state index contributed by atoms with van der Waals surface area (Å²) < 4.78 is 13.6. The Kier molecular flexibility index (Phi) is 4.52. The Morgan fingerprint density at radius 1 is 1.19 bits per heavy atom. The SMILES string of the molecule is NCc1ccc(OCc2cc(Br)cc3c2OCC3)c(Br)c1. The third kappa shape index (κ3) is 3.25. The van der Waals surface area contributed by atoms with Gasteiger partial charge in [-0.15, -0.1) is 0 Å². The fraction of sp³-hybridized carbons (Fsp3) is 0.250. The van der Waals surface area contributed by atoms with Crippen LogP contribution in [0.2, 0.25) is 0 Å². The van der Waals surface area contributed by atoms with E-state index in [2.05, 4.69) is 37.9 Å². The van der Waals surface area contributed by atoms with Crippen molar-refractivity contribution in [2.45, 2.75) is 19.6 Å². The lowest BCUT2D eigenvalue weighted by Gasteiger charge is -2.12. The second kappa shape index (κ2) is 6.38. The predicted molar refractivity (Wildman–Crippen MR) is 89.7 cm³/mol. The number of ether oxygens (including phenoxy) is 2. The van der Waals surface area contributed by atoms with Gasteiger partial charge < -0.3 is 15.2 Å². The molecule has 110 valence electrons. The first-order chi connectivity index (χ1) is 10.2. The summed E-state index contributed by atoms with van der Waals surface area (Å²) in [5.74, 6) is 1.77. The lowest BCUT2D eigenvalue weighted by atomic mass is 10.1. The third-order valence-corrected chi connectivity index (χ3v) is 4.52. The van der Waals surface area contributed by atoms with Gasteiger partial charge in [0, 0.05) is 23.0 Å². The van der Waals surface area contributed by atoms with Crippen LogP contribution in [0.25, 0.3) is 0 Å². The summed E-state index contributed by atoms with van der Waals surface area (Å²) >= 11 is 7.06. The van der Waals surface area contributed by atoms with Crippen LogP contribution in [0, 0.1) is 0 Å². The van der Waals surface area contributed by atoms with Crippen molar-refractivity contribution < 1.29 is 9.47 Å². The van der Waals surface area contributed by atoms with Crippen LogP contribution in [-0.2, 0) is 19.6 Å². The van der Waals surface area contributed by atoms with Gasteiger partial charge in [0.15, 0.2) is 0 Å². The Bertz CT molecular complexity index is 674. The molecule has 0 fully saturated rings. The summed E-state index contributed by atoms with van der Waals surface area (Å²) in [4.78, 5) is 0. The van der Waals surface area contributed by atoms with E-state index in [0.29, 0.717) is 13.2 Å². The zero-order valence-corrected chi connectivity index (χ0v) is 14.5. The molecule has 0 saturated heterocycles. The van der Waals surface area contributed by atoms with Crippen LogP contribution in [-0.4, -0.2) is 6.61 Å². The second-order valence-electron chi connectivity index (χ2n) is 4.91. The van der Waals surface area contributed by atoms with Gasteiger partial charge in [-0.1, -0.05) is 22.0 Å². The van der Waals surface area contributed by atoms with Gasteiger partial charge in [0.1, 0.15) is 18.1 Å². The minimum atomic E-state index is 0.475. The normalized spacial score (nSPS) is 12.9. The number of fused-ring (bicyclic) bond motifs is 1. The van der Waals surface area contributed by atoms with Gasteiger partial charge in [-0.3, -0.25) is 0 Å². The quantitative estimate of drug-likeness (QED) is 0.818. The molecule has 2 N–H and O–H groups in total. The second-order valence-corrected chi connectivity index (χ2v) is 6.68. The average Bonchev–Trinajstić information content (AvgIpc) is 2.93. The molecule has 3 nitrogen and oxygen atoms in total. The highest BCUT2D eigenvalue weighted by atomic mass is 79.9. The molecule has 1 heterocycles. The monoisotopic (exact) mass is 411 g/mol. The maximum absolute atomic E-state index is 5.91. The molecule has 2 aromatic carbocycles. The largest absolute Gasteiger partial charge is 0.493 e. The Morgan fingerprint density at radius 3 is 2.81 bits per heavy atom. The molecule has 21 heavy (non-hydrogen) atoms. The molecular weight excluding hydrogens is 398 g/mol. The van der Waals surface area contributed by atoms with E-state index in [1.165, 1.54) is 5.56 Å². The molecule has 0 radical (unpaired) electrons. The number of hydrogen-bond donors (Lipinski definition) is 1. The zero-order chi connectivity index (χ0) is 14.8. The zero-order valence-electron chi connectivity index (χ0n) is 11.4. The molecule has 0 aromatic heterocycles. The summed E-state index contributed by atoms with van der Waals surface area (Å²) in [7, 11) is 0. The average molecular weight is 413 g/mol. The maximum Gasteiger partial charge on any atom is 0.134 e. The minimum Gasteiger partial charge on any atom is -0.493 e. The molecule has 1 aliphatic heterocycles. The molecule has 2 aromatic rings. The summed E-state index contributed by atoms with van der Waals surface area (Å²) in [5.41, 5.74) is 9.00. The molecule has 0 unspecified atom stereocenters. The van der Waals surface area contributed by atoms with Crippen molar-refractivity contribution in [1.82, 2.24) is 0 Å². The first-order valence-electron chi connectivity index (χ1n) is 6.73. The van der Waals surface area contributed by atoms with Gasteiger partial charge >= 0.3 is 0 Å². The van der Waals surface area contributed by atoms with Gasteiger partial charge in [-0.2, -0.15) is 0 Å². The molecule has 3 rings (SSSR count). The van der Waals surface area contributed by atoms with Crippen molar-refractivity contribution in [1.29, 1.82) is 0 Å². The van der Waals surface area contributed by atoms with E-state index in [9.17, 15) is 0 Å². The minimum absolute atomic E-state index is 0.475. The summed E-state index contributed by atoms with van der Waals surface area (Å²) in [6.07, 6.45) is 0.955. The number of nitrogens with two attached hydrogens (primary N) is 1. The highest BCUT2D eigenvalue weighted by Gasteiger charge is 2.18. The van der Waals surface area contributed by atoms with E-state index in [0.717, 1.165) is 44.6 Å².